The highest BCUT2D eigenvalue weighted by atomic mass is 19.4. The second-order valence-electron chi connectivity index (χ2n) is 6.64. The predicted molar refractivity (Wildman–Crippen MR) is 74.1 cm³/mol. The van der Waals surface area contributed by atoms with Crippen LogP contribution in [0, 0.1) is 17.8 Å². The molecule has 2 aliphatic rings. The Kier molecular flexibility index (Phi) is 3.69. The fourth-order valence-electron chi connectivity index (χ4n) is 4.14. The Morgan fingerprint density at radius 1 is 1.41 bits per heavy atom. The van der Waals surface area contributed by atoms with Crippen molar-refractivity contribution in [1.82, 2.24) is 15.1 Å². The quantitative estimate of drug-likeness (QED) is 0.932. The summed E-state index contributed by atoms with van der Waals surface area (Å²) in [6, 6.07) is 0.780. The van der Waals surface area contributed by atoms with Gasteiger partial charge in [0, 0.05) is 19.2 Å². The van der Waals surface area contributed by atoms with Crippen LogP contribution in [0.25, 0.3) is 0 Å². The summed E-state index contributed by atoms with van der Waals surface area (Å²) in [4.78, 5) is 12.2. The van der Waals surface area contributed by atoms with Gasteiger partial charge in [-0.1, -0.05) is 6.42 Å². The van der Waals surface area contributed by atoms with Crippen molar-refractivity contribution in [3.8, 4) is 0 Å². The third kappa shape index (κ3) is 2.73. The van der Waals surface area contributed by atoms with Crippen molar-refractivity contribution >= 4 is 5.91 Å². The number of amides is 1. The molecule has 2 fully saturated rings. The number of nitrogens with zero attached hydrogens (tertiary/aromatic N) is 2. The molecule has 3 rings (SSSR count). The Bertz CT molecular complexity index is 581. The average Bonchev–Trinajstić information content (AvgIpc) is 3.11. The van der Waals surface area contributed by atoms with Gasteiger partial charge in [0.2, 0.25) is 0 Å². The number of fused-ring (bicyclic) bond motifs is 2. The molecule has 1 amide bonds. The first kappa shape index (κ1) is 15.4. The molecule has 2 bridgehead atoms. The fourth-order valence-corrected chi connectivity index (χ4v) is 4.14. The van der Waals surface area contributed by atoms with Gasteiger partial charge in [-0.15, -0.1) is 0 Å². The van der Waals surface area contributed by atoms with Crippen molar-refractivity contribution in [3.63, 3.8) is 0 Å². The van der Waals surface area contributed by atoms with E-state index in [0.717, 1.165) is 18.4 Å². The van der Waals surface area contributed by atoms with Gasteiger partial charge in [-0.2, -0.15) is 18.3 Å². The standard InChI is InChI=1S/C15H20F3N3O/c1-8(11-6-9-3-4-10(11)5-9)19-14(22)12-7-13(15(16,17)18)21(2)20-12/h7-11H,3-6H2,1-2H3,(H,19,22). The third-order valence-corrected chi connectivity index (χ3v) is 5.20. The molecule has 1 aromatic heterocycles. The van der Waals surface area contributed by atoms with Crippen LogP contribution in [0.15, 0.2) is 6.07 Å². The van der Waals surface area contributed by atoms with Gasteiger partial charge in [0.1, 0.15) is 5.69 Å². The Hall–Kier alpha value is -1.53. The van der Waals surface area contributed by atoms with E-state index >= 15 is 0 Å². The van der Waals surface area contributed by atoms with Crippen LogP contribution in [0.2, 0.25) is 0 Å². The lowest BCUT2D eigenvalue weighted by atomic mass is 9.84. The summed E-state index contributed by atoms with van der Waals surface area (Å²) < 4.78 is 38.9. The molecule has 1 N–H and O–H groups in total. The normalized spacial score (nSPS) is 28.9. The van der Waals surface area contributed by atoms with E-state index in [-0.39, 0.29) is 11.7 Å². The Morgan fingerprint density at radius 2 is 2.14 bits per heavy atom. The van der Waals surface area contributed by atoms with Crippen LogP contribution in [0.4, 0.5) is 13.2 Å². The molecule has 1 aromatic rings. The topological polar surface area (TPSA) is 46.9 Å². The number of halogens is 3. The van der Waals surface area contributed by atoms with Crippen molar-refractivity contribution < 1.29 is 18.0 Å². The lowest BCUT2D eigenvalue weighted by molar-refractivity contribution is -0.143. The van der Waals surface area contributed by atoms with Crippen molar-refractivity contribution in [2.24, 2.45) is 24.8 Å². The van der Waals surface area contributed by atoms with Crippen LogP contribution in [0.1, 0.15) is 48.8 Å². The summed E-state index contributed by atoms with van der Waals surface area (Å²) in [5.41, 5.74) is -1.09. The first-order valence-corrected chi connectivity index (χ1v) is 7.68. The molecule has 1 heterocycles. The molecule has 0 saturated heterocycles. The maximum Gasteiger partial charge on any atom is 0.433 e. The molecule has 0 radical (unpaired) electrons. The molecule has 4 unspecified atom stereocenters. The van der Waals surface area contributed by atoms with Crippen LogP contribution in [0.3, 0.4) is 0 Å². The van der Waals surface area contributed by atoms with Crippen LogP contribution >= 0.6 is 0 Å². The fraction of sp³-hybridized carbons (Fsp3) is 0.733. The molecule has 122 valence electrons. The second kappa shape index (κ2) is 5.28. The second-order valence-corrected chi connectivity index (χ2v) is 6.64. The first-order valence-electron chi connectivity index (χ1n) is 7.68. The number of carbonyl (C=O) groups excluding carboxylic acids is 1. The summed E-state index contributed by atoms with van der Waals surface area (Å²) in [6.07, 6.45) is 0.319. The summed E-state index contributed by atoms with van der Waals surface area (Å²) in [6.45, 7) is 1.94. The lowest BCUT2D eigenvalue weighted by Gasteiger charge is -2.28. The van der Waals surface area contributed by atoms with Crippen molar-refractivity contribution in [2.75, 3.05) is 0 Å². The SMILES string of the molecule is CC(NC(=O)c1cc(C(F)(F)F)n(C)n1)C1CC2CCC1C2. The van der Waals surface area contributed by atoms with E-state index in [1.165, 1.54) is 26.3 Å². The zero-order valence-electron chi connectivity index (χ0n) is 12.7. The molecule has 2 saturated carbocycles. The summed E-state index contributed by atoms with van der Waals surface area (Å²) in [5.74, 6) is 1.32. The zero-order valence-corrected chi connectivity index (χ0v) is 12.7. The maximum atomic E-state index is 12.7. The van der Waals surface area contributed by atoms with E-state index in [2.05, 4.69) is 10.4 Å². The minimum absolute atomic E-state index is 0.0286. The van der Waals surface area contributed by atoms with Crippen LogP contribution in [-0.4, -0.2) is 21.7 Å². The zero-order chi connectivity index (χ0) is 16.1. The van der Waals surface area contributed by atoms with Gasteiger partial charge in [-0.25, -0.2) is 0 Å². The molecule has 0 aromatic carbocycles. The van der Waals surface area contributed by atoms with Crippen molar-refractivity contribution in [3.05, 3.63) is 17.5 Å². The van der Waals surface area contributed by atoms with Crippen LogP contribution in [0.5, 0.6) is 0 Å². The summed E-state index contributed by atoms with van der Waals surface area (Å²) >= 11 is 0. The molecule has 2 aliphatic carbocycles. The Morgan fingerprint density at radius 3 is 2.64 bits per heavy atom. The van der Waals surface area contributed by atoms with E-state index < -0.39 is 17.8 Å². The van der Waals surface area contributed by atoms with E-state index in [1.807, 2.05) is 6.92 Å². The van der Waals surface area contributed by atoms with Gasteiger partial charge in [-0.3, -0.25) is 9.48 Å². The molecular weight excluding hydrogens is 295 g/mol. The van der Waals surface area contributed by atoms with Crippen LogP contribution in [-0.2, 0) is 13.2 Å². The molecule has 22 heavy (non-hydrogen) atoms. The molecule has 0 aliphatic heterocycles. The van der Waals surface area contributed by atoms with E-state index in [0.29, 0.717) is 16.5 Å². The number of nitrogens with one attached hydrogen (secondary N) is 1. The van der Waals surface area contributed by atoms with E-state index in [9.17, 15) is 18.0 Å². The molecule has 7 heteroatoms. The number of alkyl halides is 3. The smallest absolute Gasteiger partial charge is 0.348 e. The van der Waals surface area contributed by atoms with Gasteiger partial charge >= 0.3 is 6.18 Å². The van der Waals surface area contributed by atoms with Gasteiger partial charge < -0.3 is 5.32 Å². The average molecular weight is 315 g/mol. The van der Waals surface area contributed by atoms with E-state index in [1.54, 1.807) is 0 Å². The largest absolute Gasteiger partial charge is 0.433 e. The third-order valence-electron chi connectivity index (χ3n) is 5.20. The number of hydrogen-bond donors (Lipinski definition) is 1. The molecule has 4 atom stereocenters. The minimum Gasteiger partial charge on any atom is -0.348 e. The predicted octanol–water partition coefficient (Wildman–Crippen LogP) is 2.99. The maximum absolute atomic E-state index is 12.7. The van der Waals surface area contributed by atoms with Gasteiger partial charge in [0.15, 0.2) is 5.69 Å². The molecule has 4 nitrogen and oxygen atoms in total. The van der Waals surface area contributed by atoms with Gasteiger partial charge in [0.25, 0.3) is 5.91 Å². The Balaban J connectivity index is 1.67. The highest BCUT2D eigenvalue weighted by Gasteiger charge is 2.42. The number of aryl methyl sites for hydroxylation is 1. The first-order chi connectivity index (χ1) is 10.3. The van der Waals surface area contributed by atoms with Crippen LogP contribution < -0.4 is 5.32 Å². The minimum atomic E-state index is -4.50. The monoisotopic (exact) mass is 315 g/mol. The summed E-state index contributed by atoms with van der Waals surface area (Å²) in [7, 11) is 1.19. The number of hydrogen-bond acceptors (Lipinski definition) is 2. The molecule has 0 spiro atoms. The highest BCUT2D eigenvalue weighted by Crippen LogP contribution is 2.49. The van der Waals surface area contributed by atoms with E-state index in [4.69, 9.17) is 0 Å². The Labute approximate surface area is 127 Å². The number of rotatable bonds is 3. The molecular formula is C15H20F3N3O. The number of carbonyl (C=O) groups is 1. The van der Waals surface area contributed by atoms with Crippen molar-refractivity contribution in [2.45, 2.75) is 44.8 Å². The highest BCUT2D eigenvalue weighted by molar-refractivity contribution is 5.92. The lowest BCUT2D eigenvalue weighted by Crippen LogP contribution is -2.40. The van der Waals surface area contributed by atoms with Crippen molar-refractivity contribution in [1.29, 1.82) is 0 Å². The van der Waals surface area contributed by atoms with Gasteiger partial charge in [-0.05, 0) is 43.9 Å². The van der Waals surface area contributed by atoms with Gasteiger partial charge in [0.05, 0.1) is 0 Å². The number of aromatic nitrogens is 2. The summed E-state index contributed by atoms with van der Waals surface area (Å²) in [5, 5.41) is 6.52.